The highest BCUT2D eigenvalue weighted by atomic mass is 19.1. The predicted molar refractivity (Wildman–Crippen MR) is 116 cm³/mol. The number of carbonyl (C=O) groups is 1. The fraction of sp³-hybridized carbons (Fsp3) is 0.261. The molecular weight excluding hydrogens is 432 g/mol. The third kappa shape index (κ3) is 4.50. The Morgan fingerprint density at radius 1 is 1.06 bits per heavy atom. The number of halogens is 2. The van der Waals surface area contributed by atoms with Crippen LogP contribution in [-0.2, 0) is 6.54 Å². The largest absolute Gasteiger partial charge is 0.486 e. The number of rotatable bonds is 6. The van der Waals surface area contributed by atoms with Crippen molar-refractivity contribution >= 4 is 17.6 Å². The van der Waals surface area contributed by atoms with Crippen LogP contribution in [0.15, 0.2) is 60.1 Å². The van der Waals surface area contributed by atoms with Gasteiger partial charge in [0.05, 0.1) is 12.0 Å². The molecule has 10 heteroatoms. The third-order valence-electron chi connectivity index (χ3n) is 5.42. The fourth-order valence-corrected chi connectivity index (χ4v) is 3.99. The minimum absolute atomic E-state index is 0.282. The molecule has 2 aliphatic heterocycles. The molecule has 2 aromatic carbocycles. The molecule has 3 aromatic rings. The van der Waals surface area contributed by atoms with Gasteiger partial charge in [0.2, 0.25) is 0 Å². The molecule has 1 atom stereocenters. The Bertz CT molecular complexity index is 1180. The van der Waals surface area contributed by atoms with E-state index in [4.69, 9.17) is 9.47 Å². The van der Waals surface area contributed by atoms with Crippen molar-refractivity contribution in [3.63, 3.8) is 0 Å². The number of hydrogen-bond acceptors (Lipinski definition) is 5. The van der Waals surface area contributed by atoms with E-state index in [1.165, 1.54) is 17.0 Å². The highest BCUT2D eigenvalue weighted by molar-refractivity contribution is 6.08. The summed E-state index contributed by atoms with van der Waals surface area (Å²) >= 11 is 0. The van der Waals surface area contributed by atoms with Gasteiger partial charge in [-0.3, -0.25) is 5.32 Å². The summed E-state index contributed by atoms with van der Waals surface area (Å²) in [4.78, 5) is 23.0. The maximum absolute atomic E-state index is 14.0. The van der Waals surface area contributed by atoms with Gasteiger partial charge in [0.25, 0.3) is 0 Å². The van der Waals surface area contributed by atoms with Gasteiger partial charge in [-0.2, -0.15) is 0 Å². The second kappa shape index (κ2) is 8.89. The first kappa shape index (κ1) is 20.9. The van der Waals surface area contributed by atoms with Crippen LogP contribution >= 0.6 is 0 Å². The first-order valence-corrected chi connectivity index (χ1v) is 10.5. The fourth-order valence-electron chi connectivity index (χ4n) is 3.99. The minimum atomic E-state index is -0.765. The number of nitrogens with zero attached hydrogens (tertiary/aromatic N) is 4. The number of ether oxygens (including phenoxy) is 2. The number of hydrogen-bond donors (Lipinski definition) is 1. The minimum Gasteiger partial charge on any atom is -0.486 e. The number of carbonyl (C=O) groups excluding carboxylic acids is 1. The molecule has 0 spiro atoms. The molecule has 1 saturated heterocycles. The van der Waals surface area contributed by atoms with Crippen molar-refractivity contribution in [3.8, 4) is 11.5 Å². The van der Waals surface area contributed by atoms with E-state index in [0.717, 1.165) is 6.07 Å². The summed E-state index contributed by atoms with van der Waals surface area (Å²) in [5, 5.41) is 2.76. The number of aryl methyl sites for hydroxylation is 1. The first-order valence-electron chi connectivity index (χ1n) is 10.5. The van der Waals surface area contributed by atoms with Crippen LogP contribution in [0.1, 0.15) is 18.0 Å². The highest BCUT2D eigenvalue weighted by Crippen LogP contribution is 2.35. The smallest absolute Gasteiger partial charge is 0.323 e. The Hall–Kier alpha value is -3.95. The Morgan fingerprint density at radius 3 is 2.61 bits per heavy atom. The number of aliphatic imine (C=N–C) groups is 1. The molecule has 0 bridgehead atoms. The highest BCUT2D eigenvalue weighted by Gasteiger charge is 2.38. The lowest BCUT2D eigenvalue weighted by atomic mass is 10.0. The van der Waals surface area contributed by atoms with Crippen LogP contribution in [-0.4, -0.2) is 46.1 Å². The molecule has 1 N–H and O–H groups in total. The van der Waals surface area contributed by atoms with Gasteiger partial charge in [0.15, 0.2) is 11.5 Å². The second-order valence-electron chi connectivity index (χ2n) is 7.71. The molecule has 2 aliphatic rings. The molecule has 0 saturated carbocycles. The number of amidine groups is 1. The van der Waals surface area contributed by atoms with Crippen molar-refractivity contribution < 1.29 is 23.0 Å². The van der Waals surface area contributed by atoms with E-state index in [0.29, 0.717) is 55.5 Å². The zero-order valence-corrected chi connectivity index (χ0v) is 17.6. The SMILES string of the molecule is O=C1NC(=Nc2ccc3c(c2)OCCO3)C(c2cc(F)cc(F)c2)N1CCCn1ccnc1. The average Bonchev–Trinajstić information content (AvgIpc) is 3.41. The van der Waals surface area contributed by atoms with Crippen molar-refractivity contribution in [1.82, 2.24) is 19.8 Å². The van der Waals surface area contributed by atoms with E-state index in [1.807, 2.05) is 10.8 Å². The number of imidazole rings is 1. The van der Waals surface area contributed by atoms with Crippen LogP contribution in [0.5, 0.6) is 11.5 Å². The molecule has 3 heterocycles. The van der Waals surface area contributed by atoms with Gasteiger partial charge in [0, 0.05) is 37.6 Å². The summed E-state index contributed by atoms with van der Waals surface area (Å²) in [7, 11) is 0. The molecule has 2 amide bonds. The van der Waals surface area contributed by atoms with Crippen molar-refractivity contribution in [2.75, 3.05) is 19.8 Å². The maximum atomic E-state index is 14.0. The molecule has 33 heavy (non-hydrogen) atoms. The Balaban J connectivity index is 1.46. The van der Waals surface area contributed by atoms with Crippen LogP contribution in [0.4, 0.5) is 19.3 Å². The quantitative estimate of drug-likeness (QED) is 0.615. The molecule has 8 nitrogen and oxygen atoms in total. The van der Waals surface area contributed by atoms with Crippen molar-refractivity contribution in [1.29, 1.82) is 0 Å². The predicted octanol–water partition coefficient (Wildman–Crippen LogP) is 3.82. The first-order chi connectivity index (χ1) is 16.1. The number of fused-ring (bicyclic) bond motifs is 1. The summed E-state index contributed by atoms with van der Waals surface area (Å²) in [5.41, 5.74) is 0.821. The van der Waals surface area contributed by atoms with Crippen LogP contribution in [0.2, 0.25) is 0 Å². The van der Waals surface area contributed by atoms with E-state index >= 15 is 0 Å². The van der Waals surface area contributed by atoms with E-state index < -0.39 is 17.7 Å². The Kier molecular flexibility index (Phi) is 5.64. The molecule has 1 aromatic heterocycles. The number of nitrogens with one attached hydrogen (secondary N) is 1. The van der Waals surface area contributed by atoms with Gasteiger partial charge in [0.1, 0.15) is 36.7 Å². The summed E-state index contributed by atoms with van der Waals surface area (Å²) in [6, 6.07) is 7.27. The Labute approximate surface area is 188 Å². The molecule has 5 rings (SSSR count). The molecule has 0 aliphatic carbocycles. The van der Waals surface area contributed by atoms with E-state index in [1.54, 1.807) is 30.7 Å². The van der Waals surface area contributed by atoms with Crippen LogP contribution in [0.25, 0.3) is 0 Å². The van der Waals surface area contributed by atoms with Crippen LogP contribution in [0, 0.1) is 11.6 Å². The molecule has 0 radical (unpaired) electrons. The van der Waals surface area contributed by atoms with Gasteiger partial charge in [-0.1, -0.05) is 0 Å². The van der Waals surface area contributed by atoms with Crippen molar-refractivity contribution in [2.45, 2.75) is 19.0 Å². The summed E-state index contributed by atoms with van der Waals surface area (Å²) in [5.74, 6) is 0.00981. The van der Waals surface area contributed by atoms with Gasteiger partial charge in [-0.05, 0) is 36.2 Å². The molecule has 1 unspecified atom stereocenters. The molecule has 170 valence electrons. The van der Waals surface area contributed by atoms with Gasteiger partial charge in [-0.25, -0.2) is 23.6 Å². The topological polar surface area (TPSA) is 81.0 Å². The summed E-state index contributed by atoms with van der Waals surface area (Å²) < 4.78 is 41.1. The zero-order chi connectivity index (χ0) is 22.8. The standard InChI is InChI=1S/C23H21F2N5O3/c24-16-10-15(11-17(25)12-16)21-22(27-18-2-3-19-20(13-18)33-9-8-32-19)28-23(31)30(21)6-1-5-29-7-4-26-14-29/h2-4,7,10-14,21H,1,5-6,8-9H2,(H,27,28,31). The lowest BCUT2D eigenvalue weighted by molar-refractivity contribution is 0.171. The van der Waals surface area contributed by atoms with Crippen LogP contribution < -0.4 is 14.8 Å². The van der Waals surface area contributed by atoms with E-state index in [2.05, 4.69) is 15.3 Å². The van der Waals surface area contributed by atoms with Gasteiger partial charge < -0.3 is 18.9 Å². The second-order valence-corrected chi connectivity index (χ2v) is 7.71. The van der Waals surface area contributed by atoms with Crippen molar-refractivity contribution in [3.05, 3.63) is 72.3 Å². The number of urea groups is 1. The zero-order valence-electron chi connectivity index (χ0n) is 17.6. The molecule has 1 fully saturated rings. The van der Waals surface area contributed by atoms with E-state index in [-0.39, 0.29) is 11.9 Å². The lowest BCUT2D eigenvalue weighted by Gasteiger charge is -2.23. The van der Waals surface area contributed by atoms with Gasteiger partial charge in [-0.15, -0.1) is 0 Å². The normalized spacial score (nSPS) is 18.6. The van der Waals surface area contributed by atoms with Crippen LogP contribution in [0.3, 0.4) is 0 Å². The molecular formula is C23H21F2N5O3. The average molecular weight is 453 g/mol. The summed E-state index contributed by atoms with van der Waals surface area (Å²) in [6.07, 6.45) is 5.82. The maximum Gasteiger partial charge on any atom is 0.323 e. The number of aromatic nitrogens is 2. The van der Waals surface area contributed by atoms with E-state index in [9.17, 15) is 13.6 Å². The lowest BCUT2D eigenvalue weighted by Crippen LogP contribution is -2.31. The number of amides is 2. The van der Waals surface area contributed by atoms with Gasteiger partial charge >= 0.3 is 6.03 Å². The monoisotopic (exact) mass is 453 g/mol. The van der Waals surface area contributed by atoms with Crippen molar-refractivity contribution in [2.24, 2.45) is 4.99 Å². The summed E-state index contributed by atoms with van der Waals surface area (Å²) in [6.45, 7) is 1.90. The third-order valence-corrected chi connectivity index (χ3v) is 5.42. The number of benzene rings is 2. The Morgan fingerprint density at radius 2 is 1.85 bits per heavy atom.